The predicted octanol–water partition coefficient (Wildman–Crippen LogP) is 1.78. The van der Waals surface area contributed by atoms with Crippen LogP contribution in [0.1, 0.15) is 18.4 Å². The molecule has 110 valence electrons. The number of thioether (sulfide) groups is 1. The Kier molecular flexibility index (Phi) is 5.46. The summed E-state index contributed by atoms with van der Waals surface area (Å²) in [5.41, 5.74) is 6.49. The summed E-state index contributed by atoms with van der Waals surface area (Å²) in [6.45, 7) is 2.17. The fourth-order valence-corrected chi connectivity index (χ4v) is 2.81. The average Bonchev–Trinajstić information content (AvgIpc) is 2.53. The van der Waals surface area contributed by atoms with Crippen LogP contribution in [0, 0.1) is 5.41 Å². The van der Waals surface area contributed by atoms with Crippen LogP contribution in [0.3, 0.4) is 0 Å². The van der Waals surface area contributed by atoms with E-state index in [0.29, 0.717) is 39.1 Å². The second kappa shape index (κ2) is 7.11. The second-order valence-electron chi connectivity index (χ2n) is 5.13. The van der Waals surface area contributed by atoms with E-state index in [0.717, 1.165) is 5.56 Å². The van der Waals surface area contributed by atoms with Crippen LogP contribution in [-0.4, -0.2) is 31.9 Å². The van der Waals surface area contributed by atoms with Gasteiger partial charge in [0, 0.05) is 31.2 Å². The number of amides is 1. The van der Waals surface area contributed by atoms with Crippen LogP contribution in [-0.2, 0) is 16.1 Å². The number of nitrogens with two attached hydrogens (primary N) is 1. The Labute approximate surface area is 124 Å². The normalized spacial score (nSPS) is 17.7. The molecule has 1 aliphatic heterocycles. The third kappa shape index (κ3) is 3.53. The number of benzene rings is 1. The lowest BCUT2D eigenvalue weighted by molar-refractivity contribution is -0.136. The zero-order valence-electron chi connectivity index (χ0n) is 11.9. The van der Waals surface area contributed by atoms with Crippen molar-refractivity contribution in [1.29, 1.82) is 0 Å². The first-order valence-corrected chi connectivity index (χ1v) is 8.12. The number of carbonyl (C=O) groups excluding carboxylic acids is 1. The van der Waals surface area contributed by atoms with Crippen LogP contribution in [0.15, 0.2) is 29.2 Å². The van der Waals surface area contributed by atoms with E-state index in [1.54, 1.807) is 11.8 Å². The van der Waals surface area contributed by atoms with E-state index in [4.69, 9.17) is 10.5 Å². The molecular weight excluding hydrogens is 272 g/mol. The van der Waals surface area contributed by atoms with E-state index >= 15 is 0 Å². The Morgan fingerprint density at radius 2 is 2.00 bits per heavy atom. The molecule has 4 nitrogen and oxygen atoms in total. The zero-order valence-corrected chi connectivity index (χ0v) is 12.7. The lowest BCUT2D eigenvalue weighted by atomic mass is 9.79. The average molecular weight is 294 g/mol. The second-order valence-corrected chi connectivity index (χ2v) is 6.01. The quantitative estimate of drug-likeness (QED) is 0.813. The Morgan fingerprint density at radius 1 is 1.35 bits per heavy atom. The molecule has 1 amide bonds. The van der Waals surface area contributed by atoms with Crippen LogP contribution in [0.4, 0.5) is 0 Å². The van der Waals surface area contributed by atoms with E-state index in [-0.39, 0.29) is 5.91 Å². The van der Waals surface area contributed by atoms with Crippen molar-refractivity contribution in [3.05, 3.63) is 29.8 Å². The molecule has 1 aromatic carbocycles. The van der Waals surface area contributed by atoms with Crippen molar-refractivity contribution in [2.45, 2.75) is 24.3 Å². The molecule has 3 N–H and O–H groups in total. The molecule has 0 saturated carbocycles. The van der Waals surface area contributed by atoms with Crippen LogP contribution in [0.2, 0.25) is 0 Å². The first kappa shape index (κ1) is 15.4. The standard InChI is InChI=1S/C15H22N2O2S/c1-20-13-4-2-12(3-5-13)10-17-14(18)15(11-16)6-8-19-9-7-15/h2-5H,6-11,16H2,1H3,(H,17,18). The zero-order chi connectivity index (χ0) is 14.4. The maximum Gasteiger partial charge on any atom is 0.227 e. The molecule has 20 heavy (non-hydrogen) atoms. The third-order valence-corrected chi connectivity index (χ3v) is 4.68. The van der Waals surface area contributed by atoms with Crippen molar-refractivity contribution in [3.8, 4) is 0 Å². The van der Waals surface area contributed by atoms with E-state index in [9.17, 15) is 4.79 Å². The molecule has 1 fully saturated rings. The molecule has 2 rings (SSSR count). The number of carbonyl (C=O) groups is 1. The minimum atomic E-state index is -0.447. The maximum atomic E-state index is 12.4. The van der Waals surface area contributed by atoms with Crippen LogP contribution in [0.5, 0.6) is 0 Å². The fourth-order valence-electron chi connectivity index (χ4n) is 2.40. The van der Waals surface area contributed by atoms with Crippen molar-refractivity contribution >= 4 is 17.7 Å². The Balaban J connectivity index is 1.93. The van der Waals surface area contributed by atoms with Crippen molar-refractivity contribution in [2.75, 3.05) is 26.0 Å². The lowest BCUT2D eigenvalue weighted by Crippen LogP contribution is -2.48. The maximum absolute atomic E-state index is 12.4. The predicted molar refractivity (Wildman–Crippen MR) is 81.6 cm³/mol. The van der Waals surface area contributed by atoms with E-state index < -0.39 is 5.41 Å². The molecule has 0 bridgehead atoms. The van der Waals surface area contributed by atoms with Gasteiger partial charge in [-0.05, 0) is 36.8 Å². The van der Waals surface area contributed by atoms with E-state index in [2.05, 4.69) is 17.4 Å². The number of hydrogen-bond acceptors (Lipinski definition) is 4. The van der Waals surface area contributed by atoms with Crippen molar-refractivity contribution in [2.24, 2.45) is 11.1 Å². The molecule has 1 heterocycles. The highest BCUT2D eigenvalue weighted by atomic mass is 32.2. The van der Waals surface area contributed by atoms with Crippen molar-refractivity contribution in [1.82, 2.24) is 5.32 Å². The number of nitrogens with one attached hydrogen (secondary N) is 1. The largest absolute Gasteiger partial charge is 0.381 e. The fraction of sp³-hybridized carbons (Fsp3) is 0.533. The highest BCUT2D eigenvalue weighted by Crippen LogP contribution is 2.29. The van der Waals surface area contributed by atoms with Gasteiger partial charge in [0.1, 0.15) is 0 Å². The molecular formula is C15H22N2O2S. The third-order valence-electron chi connectivity index (χ3n) is 3.93. The smallest absolute Gasteiger partial charge is 0.227 e. The number of hydrogen-bond donors (Lipinski definition) is 2. The molecule has 0 unspecified atom stereocenters. The number of rotatable bonds is 5. The Morgan fingerprint density at radius 3 is 2.55 bits per heavy atom. The minimum absolute atomic E-state index is 0.0530. The van der Waals surface area contributed by atoms with Gasteiger partial charge in [-0.1, -0.05) is 12.1 Å². The molecule has 0 radical (unpaired) electrons. The van der Waals surface area contributed by atoms with Gasteiger partial charge in [0.05, 0.1) is 5.41 Å². The van der Waals surface area contributed by atoms with Gasteiger partial charge in [-0.15, -0.1) is 11.8 Å². The van der Waals surface area contributed by atoms with E-state index in [1.165, 1.54) is 4.90 Å². The molecule has 0 aliphatic carbocycles. The minimum Gasteiger partial charge on any atom is -0.381 e. The summed E-state index contributed by atoms with van der Waals surface area (Å²) in [6.07, 6.45) is 3.47. The summed E-state index contributed by atoms with van der Waals surface area (Å²) in [7, 11) is 0. The molecule has 1 aliphatic rings. The van der Waals surface area contributed by atoms with Crippen LogP contribution in [0.25, 0.3) is 0 Å². The summed E-state index contributed by atoms with van der Waals surface area (Å²) in [5.74, 6) is 0.0530. The van der Waals surface area contributed by atoms with Crippen molar-refractivity contribution in [3.63, 3.8) is 0 Å². The molecule has 5 heteroatoms. The summed E-state index contributed by atoms with van der Waals surface area (Å²) in [6, 6.07) is 8.23. The van der Waals surface area contributed by atoms with Gasteiger partial charge in [0.25, 0.3) is 0 Å². The molecule has 0 aromatic heterocycles. The first-order valence-electron chi connectivity index (χ1n) is 6.89. The lowest BCUT2D eigenvalue weighted by Gasteiger charge is -2.34. The molecule has 1 aromatic rings. The van der Waals surface area contributed by atoms with Gasteiger partial charge in [-0.25, -0.2) is 0 Å². The van der Waals surface area contributed by atoms with Gasteiger partial charge in [0.2, 0.25) is 5.91 Å². The van der Waals surface area contributed by atoms with Gasteiger partial charge < -0.3 is 15.8 Å². The monoisotopic (exact) mass is 294 g/mol. The van der Waals surface area contributed by atoms with E-state index in [1.807, 2.05) is 18.4 Å². The first-order chi connectivity index (χ1) is 9.70. The molecule has 0 atom stereocenters. The Hall–Kier alpha value is -1.04. The van der Waals surface area contributed by atoms with Crippen LogP contribution < -0.4 is 11.1 Å². The molecule has 0 spiro atoms. The van der Waals surface area contributed by atoms with Gasteiger partial charge in [0.15, 0.2) is 0 Å². The highest BCUT2D eigenvalue weighted by molar-refractivity contribution is 7.98. The van der Waals surface area contributed by atoms with Gasteiger partial charge in [-0.3, -0.25) is 4.79 Å². The summed E-state index contributed by atoms with van der Waals surface area (Å²) in [4.78, 5) is 13.6. The van der Waals surface area contributed by atoms with Crippen molar-refractivity contribution < 1.29 is 9.53 Å². The topological polar surface area (TPSA) is 64.4 Å². The SMILES string of the molecule is CSc1ccc(CNC(=O)C2(CN)CCOCC2)cc1. The number of ether oxygens (including phenoxy) is 1. The summed E-state index contributed by atoms with van der Waals surface area (Å²) in [5, 5.41) is 3.02. The molecule has 1 saturated heterocycles. The van der Waals surface area contributed by atoms with Crippen LogP contribution >= 0.6 is 11.8 Å². The van der Waals surface area contributed by atoms with Gasteiger partial charge in [-0.2, -0.15) is 0 Å². The summed E-state index contributed by atoms with van der Waals surface area (Å²) >= 11 is 1.71. The Bertz CT molecular complexity index is 442. The highest BCUT2D eigenvalue weighted by Gasteiger charge is 2.38. The van der Waals surface area contributed by atoms with Gasteiger partial charge >= 0.3 is 0 Å². The summed E-state index contributed by atoms with van der Waals surface area (Å²) < 4.78 is 5.33.